The Morgan fingerprint density at radius 3 is 2.18 bits per heavy atom. The summed E-state index contributed by atoms with van der Waals surface area (Å²) in [7, 11) is 0. The molecule has 0 atom stereocenters. The van der Waals surface area contributed by atoms with Crippen LogP contribution < -0.4 is 0 Å². The van der Waals surface area contributed by atoms with E-state index in [-0.39, 0.29) is 12.2 Å². The summed E-state index contributed by atoms with van der Waals surface area (Å²) in [4.78, 5) is 2.38. The molecule has 0 rings (SSSR count). The zero-order valence-corrected chi connectivity index (χ0v) is 12.2. The van der Waals surface area contributed by atoms with Crippen molar-refractivity contribution in [2.75, 3.05) is 32.8 Å². The van der Waals surface area contributed by atoms with Gasteiger partial charge in [0.1, 0.15) is 0 Å². The second-order valence-electron chi connectivity index (χ2n) is 4.92. The van der Waals surface area contributed by atoms with E-state index in [2.05, 4.69) is 32.6 Å². The number of rotatable bonds is 11. The van der Waals surface area contributed by atoms with E-state index in [1.54, 1.807) is 0 Å². The Labute approximate surface area is 107 Å². The predicted octanol–water partition coefficient (Wildman–Crippen LogP) is 2.68. The van der Waals surface area contributed by atoms with E-state index in [4.69, 9.17) is 9.84 Å². The molecule has 0 aliphatic rings. The second-order valence-corrected chi connectivity index (χ2v) is 4.92. The highest BCUT2D eigenvalue weighted by Crippen LogP contribution is 2.18. The van der Waals surface area contributed by atoms with Crippen LogP contribution in [0.3, 0.4) is 0 Å². The van der Waals surface area contributed by atoms with Crippen molar-refractivity contribution in [2.45, 2.75) is 59.0 Å². The highest BCUT2D eigenvalue weighted by atomic mass is 16.5. The molecule has 0 aromatic rings. The Morgan fingerprint density at radius 1 is 1.06 bits per heavy atom. The van der Waals surface area contributed by atoms with Crippen molar-refractivity contribution >= 4 is 0 Å². The van der Waals surface area contributed by atoms with E-state index in [9.17, 15) is 0 Å². The van der Waals surface area contributed by atoms with Gasteiger partial charge >= 0.3 is 0 Å². The van der Waals surface area contributed by atoms with Gasteiger partial charge in [-0.3, -0.25) is 0 Å². The molecule has 0 radical (unpaired) electrons. The zero-order chi connectivity index (χ0) is 13.1. The van der Waals surface area contributed by atoms with E-state index in [1.807, 2.05) is 0 Å². The molecule has 3 heteroatoms. The molecule has 0 heterocycles. The van der Waals surface area contributed by atoms with E-state index >= 15 is 0 Å². The lowest BCUT2D eigenvalue weighted by Crippen LogP contribution is -2.34. The third-order valence-electron chi connectivity index (χ3n) is 3.53. The third-order valence-corrected chi connectivity index (χ3v) is 3.53. The summed E-state index contributed by atoms with van der Waals surface area (Å²) in [6.45, 7) is 12.9. The molecule has 0 bridgehead atoms. The fraction of sp³-hybridized carbons (Fsp3) is 1.00. The monoisotopic (exact) mass is 245 g/mol. The maximum atomic E-state index is 8.86. The molecule has 0 unspecified atom stereocenters. The van der Waals surface area contributed by atoms with Crippen molar-refractivity contribution < 1.29 is 9.84 Å². The van der Waals surface area contributed by atoms with Gasteiger partial charge in [-0.2, -0.15) is 0 Å². The fourth-order valence-corrected chi connectivity index (χ4v) is 1.82. The highest BCUT2D eigenvalue weighted by molar-refractivity contribution is 4.71. The molecule has 3 nitrogen and oxygen atoms in total. The maximum absolute atomic E-state index is 8.86. The molecule has 0 saturated carbocycles. The van der Waals surface area contributed by atoms with E-state index in [0.29, 0.717) is 0 Å². The molecule has 17 heavy (non-hydrogen) atoms. The van der Waals surface area contributed by atoms with Crippen molar-refractivity contribution in [1.29, 1.82) is 0 Å². The van der Waals surface area contributed by atoms with Gasteiger partial charge in [0.05, 0.1) is 12.2 Å². The summed E-state index contributed by atoms with van der Waals surface area (Å²) < 4.78 is 5.98. The molecule has 0 aromatic heterocycles. The van der Waals surface area contributed by atoms with Crippen molar-refractivity contribution in [1.82, 2.24) is 4.90 Å². The molecule has 0 fully saturated rings. The van der Waals surface area contributed by atoms with Crippen LogP contribution in [-0.4, -0.2) is 48.5 Å². The van der Waals surface area contributed by atoms with Gasteiger partial charge in [0, 0.05) is 19.7 Å². The largest absolute Gasteiger partial charge is 0.396 e. The molecule has 0 spiro atoms. The van der Waals surface area contributed by atoms with Gasteiger partial charge in [-0.05, 0) is 39.2 Å². The molecule has 0 aliphatic carbocycles. The summed E-state index contributed by atoms with van der Waals surface area (Å²) in [5.74, 6) is 0. The summed E-state index contributed by atoms with van der Waals surface area (Å²) in [5.41, 5.74) is 0.0366. The summed E-state index contributed by atoms with van der Waals surface area (Å²) in [6.07, 6.45) is 4.14. The second kappa shape index (κ2) is 9.86. The number of hydrogen-bond acceptors (Lipinski definition) is 3. The topological polar surface area (TPSA) is 32.7 Å². The highest BCUT2D eigenvalue weighted by Gasteiger charge is 2.19. The molecule has 0 aliphatic heterocycles. The number of ether oxygens (including phenoxy) is 1. The first-order chi connectivity index (χ1) is 8.11. The standard InChI is InChI=1S/C14H31NO2/c1-5-9-15(10-8-12-16)11-13-17-14(4,6-2)7-3/h16H,5-13H2,1-4H3. The lowest BCUT2D eigenvalue weighted by Gasteiger charge is -2.29. The van der Waals surface area contributed by atoms with Gasteiger partial charge in [0.25, 0.3) is 0 Å². The lowest BCUT2D eigenvalue weighted by atomic mass is 10.0. The Morgan fingerprint density at radius 2 is 1.71 bits per heavy atom. The van der Waals surface area contributed by atoms with Gasteiger partial charge in [-0.15, -0.1) is 0 Å². The van der Waals surface area contributed by atoms with Crippen LogP contribution in [0.25, 0.3) is 0 Å². The van der Waals surface area contributed by atoms with E-state index in [0.717, 1.165) is 51.9 Å². The first kappa shape index (κ1) is 16.9. The Bertz CT molecular complexity index is 170. The molecule has 1 N–H and O–H groups in total. The van der Waals surface area contributed by atoms with Crippen molar-refractivity contribution in [3.05, 3.63) is 0 Å². The van der Waals surface area contributed by atoms with Crippen molar-refractivity contribution in [3.8, 4) is 0 Å². The molecule has 104 valence electrons. The number of aliphatic hydroxyl groups excluding tert-OH is 1. The number of hydrogen-bond donors (Lipinski definition) is 1. The number of aliphatic hydroxyl groups is 1. The Kier molecular flexibility index (Phi) is 9.79. The average molecular weight is 245 g/mol. The molecular weight excluding hydrogens is 214 g/mol. The van der Waals surface area contributed by atoms with Crippen LogP contribution in [0.2, 0.25) is 0 Å². The van der Waals surface area contributed by atoms with Gasteiger partial charge in [0.15, 0.2) is 0 Å². The third kappa shape index (κ3) is 7.74. The van der Waals surface area contributed by atoms with Crippen LogP contribution in [0.15, 0.2) is 0 Å². The van der Waals surface area contributed by atoms with Crippen molar-refractivity contribution in [3.63, 3.8) is 0 Å². The predicted molar refractivity (Wildman–Crippen MR) is 73.4 cm³/mol. The van der Waals surface area contributed by atoms with Crippen LogP contribution in [0.5, 0.6) is 0 Å². The maximum Gasteiger partial charge on any atom is 0.0650 e. The van der Waals surface area contributed by atoms with Crippen molar-refractivity contribution in [2.24, 2.45) is 0 Å². The molecular formula is C14H31NO2. The lowest BCUT2D eigenvalue weighted by molar-refractivity contribution is -0.0448. The quantitative estimate of drug-likeness (QED) is 0.607. The van der Waals surface area contributed by atoms with Crippen LogP contribution in [0.1, 0.15) is 53.4 Å². The van der Waals surface area contributed by atoms with Gasteiger partial charge in [-0.25, -0.2) is 0 Å². The minimum Gasteiger partial charge on any atom is -0.396 e. The minimum atomic E-state index is 0.0366. The Balaban J connectivity index is 3.87. The van der Waals surface area contributed by atoms with Crippen LogP contribution in [0.4, 0.5) is 0 Å². The van der Waals surface area contributed by atoms with Gasteiger partial charge in [-0.1, -0.05) is 20.8 Å². The molecule has 0 aromatic carbocycles. The summed E-state index contributed by atoms with van der Waals surface area (Å²) in [5, 5.41) is 8.86. The van der Waals surface area contributed by atoms with Crippen LogP contribution >= 0.6 is 0 Å². The summed E-state index contributed by atoms with van der Waals surface area (Å²) in [6, 6.07) is 0. The molecule has 0 amide bonds. The van der Waals surface area contributed by atoms with E-state index < -0.39 is 0 Å². The summed E-state index contributed by atoms with van der Waals surface area (Å²) >= 11 is 0. The van der Waals surface area contributed by atoms with Gasteiger partial charge < -0.3 is 14.7 Å². The minimum absolute atomic E-state index is 0.0366. The van der Waals surface area contributed by atoms with Crippen LogP contribution in [-0.2, 0) is 4.74 Å². The average Bonchev–Trinajstić information content (AvgIpc) is 2.35. The van der Waals surface area contributed by atoms with E-state index in [1.165, 1.54) is 0 Å². The number of nitrogens with zero attached hydrogens (tertiary/aromatic N) is 1. The fourth-order valence-electron chi connectivity index (χ4n) is 1.82. The smallest absolute Gasteiger partial charge is 0.0650 e. The Hall–Kier alpha value is -0.120. The van der Waals surface area contributed by atoms with Gasteiger partial charge in [0.2, 0.25) is 0 Å². The SMILES string of the molecule is CCCN(CCCO)CCOC(C)(CC)CC. The normalized spacial score (nSPS) is 12.4. The molecule has 0 saturated heterocycles. The first-order valence-corrected chi connectivity index (χ1v) is 7.09. The first-order valence-electron chi connectivity index (χ1n) is 7.09. The zero-order valence-electron chi connectivity index (χ0n) is 12.2. The van der Waals surface area contributed by atoms with Crippen LogP contribution in [0, 0.1) is 0 Å².